The zero-order valence-corrected chi connectivity index (χ0v) is 11.1. The summed E-state index contributed by atoms with van der Waals surface area (Å²) in [7, 11) is 0. The van der Waals surface area contributed by atoms with Gasteiger partial charge in [-0.05, 0) is 11.8 Å². The standard InChI is InChI=1S/C12H22N4O/c1-8(2)13-5-11-14-15-12(17-11)16-6-9(3)10(4)7-16/h8-10,13H,5-7H2,1-4H3. The number of hydrogen-bond acceptors (Lipinski definition) is 5. The molecule has 0 aliphatic carbocycles. The van der Waals surface area contributed by atoms with Crippen LogP contribution >= 0.6 is 0 Å². The van der Waals surface area contributed by atoms with Crippen molar-refractivity contribution in [3.8, 4) is 0 Å². The highest BCUT2D eigenvalue weighted by Crippen LogP contribution is 2.26. The van der Waals surface area contributed by atoms with Gasteiger partial charge in [-0.1, -0.05) is 32.8 Å². The highest BCUT2D eigenvalue weighted by Gasteiger charge is 2.29. The SMILES string of the molecule is CC(C)NCc1nnc(N2CC(C)C(C)C2)o1. The third-order valence-corrected chi connectivity index (χ3v) is 3.38. The first-order valence-corrected chi connectivity index (χ1v) is 6.37. The summed E-state index contributed by atoms with van der Waals surface area (Å²) < 4.78 is 5.66. The molecule has 17 heavy (non-hydrogen) atoms. The van der Waals surface area contributed by atoms with E-state index < -0.39 is 0 Å². The molecule has 0 saturated carbocycles. The number of rotatable bonds is 4. The monoisotopic (exact) mass is 238 g/mol. The Morgan fingerprint density at radius 2 is 1.94 bits per heavy atom. The van der Waals surface area contributed by atoms with Crippen LogP contribution in [0.15, 0.2) is 4.42 Å². The molecule has 0 radical (unpaired) electrons. The predicted molar refractivity (Wildman–Crippen MR) is 66.8 cm³/mol. The summed E-state index contributed by atoms with van der Waals surface area (Å²) in [5, 5.41) is 11.4. The van der Waals surface area contributed by atoms with Gasteiger partial charge in [-0.15, -0.1) is 5.10 Å². The molecule has 0 amide bonds. The summed E-state index contributed by atoms with van der Waals surface area (Å²) >= 11 is 0. The van der Waals surface area contributed by atoms with Crippen molar-refractivity contribution in [2.45, 2.75) is 40.3 Å². The average molecular weight is 238 g/mol. The molecule has 2 heterocycles. The Labute approximate surface area is 103 Å². The molecule has 1 aliphatic heterocycles. The minimum Gasteiger partial charge on any atom is -0.407 e. The van der Waals surface area contributed by atoms with Gasteiger partial charge >= 0.3 is 6.01 Å². The van der Waals surface area contributed by atoms with Gasteiger partial charge in [0.05, 0.1) is 6.54 Å². The van der Waals surface area contributed by atoms with Gasteiger partial charge in [0.25, 0.3) is 0 Å². The molecule has 1 fully saturated rings. The molecule has 5 heteroatoms. The number of nitrogens with zero attached hydrogens (tertiary/aromatic N) is 3. The van der Waals surface area contributed by atoms with Crippen LogP contribution in [0.3, 0.4) is 0 Å². The topological polar surface area (TPSA) is 54.2 Å². The van der Waals surface area contributed by atoms with Crippen LogP contribution < -0.4 is 10.2 Å². The first kappa shape index (κ1) is 12.4. The van der Waals surface area contributed by atoms with E-state index >= 15 is 0 Å². The number of anilines is 1. The molecule has 2 atom stereocenters. The van der Waals surface area contributed by atoms with Crippen LogP contribution in [-0.4, -0.2) is 29.3 Å². The normalized spacial score (nSPS) is 24.9. The molecule has 1 N–H and O–H groups in total. The highest BCUT2D eigenvalue weighted by molar-refractivity contribution is 5.26. The first-order chi connectivity index (χ1) is 8.06. The first-order valence-electron chi connectivity index (χ1n) is 6.37. The van der Waals surface area contributed by atoms with Crippen LogP contribution in [0.25, 0.3) is 0 Å². The maximum Gasteiger partial charge on any atom is 0.318 e. The van der Waals surface area contributed by atoms with E-state index in [1.165, 1.54) is 0 Å². The molecular weight excluding hydrogens is 216 g/mol. The average Bonchev–Trinajstić information content (AvgIpc) is 2.84. The van der Waals surface area contributed by atoms with Crippen LogP contribution in [-0.2, 0) is 6.54 Å². The molecule has 1 aromatic heterocycles. The van der Waals surface area contributed by atoms with E-state index in [4.69, 9.17) is 4.42 Å². The fourth-order valence-corrected chi connectivity index (χ4v) is 2.02. The lowest BCUT2D eigenvalue weighted by Crippen LogP contribution is -2.22. The van der Waals surface area contributed by atoms with Gasteiger partial charge in [0.15, 0.2) is 0 Å². The Morgan fingerprint density at radius 1 is 1.29 bits per heavy atom. The van der Waals surface area contributed by atoms with Gasteiger partial charge < -0.3 is 14.6 Å². The Bertz CT molecular complexity index is 353. The zero-order chi connectivity index (χ0) is 12.4. The Balaban J connectivity index is 1.94. The minimum atomic E-state index is 0.428. The van der Waals surface area contributed by atoms with Crippen LogP contribution in [0.5, 0.6) is 0 Å². The van der Waals surface area contributed by atoms with Crippen molar-refractivity contribution in [2.75, 3.05) is 18.0 Å². The molecule has 0 aromatic carbocycles. The maximum absolute atomic E-state index is 5.66. The van der Waals surface area contributed by atoms with Crippen molar-refractivity contribution in [3.63, 3.8) is 0 Å². The van der Waals surface area contributed by atoms with Gasteiger partial charge in [0, 0.05) is 19.1 Å². The lowest BCUT2D eigenvalue weighted by molar-refractivity contribution is 0.449. The minimum absolute atomic E-state index is 0.428. The number of nitrogens with one attached hydrogen (secondary N) is 1. The number of hydrogen-bond donors (Lipinski definition) is 1. The van der Waals surface area contributed by atoms with Crippen molar-refractivity contribution in [1.82, 2.24) is 15.5 Å². The highest BCUT2D eigenvalue weighted by atomic mass is 16.4. The molecule has 0 spiro atoms. The van der Waals surface area contributed by atoms with E-state index in [1.54, 1.807) is 0 Å². The molecule has 96 valence electrons. The third-order valence-electron chi connectivity index (χ3n) is 3.38. The van der Waals surface area contributed by atoms with E-state index in [0.717, 1.165) is 13.1 Å². The van der Waals surface area contributed by atoms with E-state index in [-0.39, 0.29) is 0 Å². The van der Waals surface area contributed by atoms with E-state index in [1.807, 2.05) is 0 Å². The predicted octanol–water partition coefficient (Wildman–Crippen LogP) is 1.66. The van der Waals surface area contributed by atoms with E-state index in [9.17, 15) is 0 Å². The summed E-state index contributed by atoms with van der Waals surface area (Å²) in [5.41, 5.74) is 0. The molecule has 1 aliphatic rings. The Kier molecular flexibility index (Phi) is 3.66. The van der Waals surface area contributed by atoms with Gasteiger partial charge in [0.2, 0.25) is 5.89 Å². The summed E-state index contributed by atoms with van der Waals surface area (Å²) in [6.45, 7) is 11.4. The second kappa shape index (κ2) is 5.04. The molecule has 1 aromatic rings. The fourth-order valence-electron chi connectivity index (χ4n) is 2.02. The van der Waals surface area contributed by atoms with Crippen molar-refractivity contribution in [1.29, 1.82) is 0 Å². The lowest BCUT2D eigenvalue weighted by Gasteiger charge is -2.11. The second-order valence-corrected chi connectivity index (χ2v) is 5.37. The van der Waals surface area contributed by atoms with Crippen LogP contribution in [0.1, 0.15) is 33.6 Å². The van der Waals surface area contributed by atoms with Crippen molar-refractivity contribution in [2.24, 2.45) is 11.8 Å². The molecule has 2 unspecified atom stereocenters. The van der Waals surface area contributed by atoms with Crippen LogP contribution in [0.4, 0.5) is 6.01 Å². The summed E-state index contributed by atoms with van der Waals surface area (Å²) in [6, 6.07) is 1.10. The van der Waals surface area contributed by atoms with Crippen molar-refractivity contribution < 1.29 is 4.42 Å². The van der Waals surface area contributed by atoms with Crippen LogP contribution in [0, 0.1) is 11.8 Å². The lowest BCUT2D eigenvalue weighted by atomic mass is 10.0. The summed E-state index contributed by atoms with van der Waals surface area (Å²) in [6.07, 6.45) is 0. The van der Waals surface area contributed by atoms with Gasteiger partial charge in [-0.25, -0.2) is 0 Å². The van der Waals surface area contributed by atoms with Crippen molar-refractivity contribution in [3.05, 3.63) is 5.89 Å². The summed E-state index contributed by atoms with van der Waals surface area (Å²) in [4.78, 5) is 2.18. The van der Waals surface area contributed by atoms with E-state index in [2.05, 4.69) is 48.1 Å². The smallest absolute Gasteiger partial charge is 0.318 e. The molecule has 0 bridgehead atoms. The van der Waals surface area contributed by atoms with Gasteiger partial charge in [-0.3, -0.25) is 0 Å². The Hall–Kier alpha value is -1.10. The fraction of sp³-hybridized carbons (Fsp3) is 0.833. The molecule has 2 rings (SSSR count). The van der Waals surface area contributed by atoms with E-state index in [0.29, 0.717) is 36.3 Å². The summed E-state index contributed by atoms with van der Waals surface area (Å²) in [5.74, 6) is 2.05. The Morgan fingerprint density at radius 3 is 2.53 bits per heavy atom. The molecular formula is C12H22N4O. The van der Waals surface area contributed by atoms with Crippen molar-refractivity contribution >= 4 is 6.01 Å². The second-order valence-electron chi connectivity index (χ2n) is 5.37. The van der Waals surface area contributed by atoms with Crippen LogP contribution in [0.2, 0.25) is 0 Å². The zero-order valence-electron chi connectivity index (χ0n) is 11.1. The molecule has 5 nitrogen and oxygen atoms in total. The number of aromatic nitrogens is 2. The quantitative estimate of drug-likeness (QED) is 0.864. The maximum atomic E-state index is 5.66. The molecule has 1 saturated heterocycles. The van der Waals surface area contributed by atoms with Gasteiger partial charge in [-0.2, -0.15) is 0 Å². The van der Waals surface area contributed by atoms with Gasteiger partial charge in [0.1, 0.15) is 0 Å². The third kappa shape index (κ3) is 2.97. The largest absolute Gasteiger partial charge is 0.407 e.